The highest BCUT2D eigenvalue weighted by Gasteiger charge is 2.35. The van der Waals surface area contributed by atoms with Gasteiger partial charge in [-0.15, -0.1) is 0 Å². The van der Waals surface area contributed by atoms with Crippen molar-refractivity contribution in [2.24, 2.45) is 0 Å². The largest absolute Gasteiger partial charge is 0.394 e. The smallest absolute Gasteiger partial charge is 0.124 e. The maximum atomic E-state index is 13.1. The van der Waals surface area contributed by atoms with Crippen LogP contribution in [-0.2, 0) is 6.54 Å². The quantitative estimate of drug-likeness (QED) is 0.892. The number of hydrogen-bond acceptors (Lipinski definition) is 2. The van der Waals surface area contributed by atoms with E-state index in [1.807, 2.05) is 6.07 Å². The van der Waals surface area contributed by atoms with E-state index in [0.29, 0.717) is 6.54 Å². The van der Waals surface area contributed by atoms with E-state index in [2.05, 4.69) is 21.2 Å². The molecule has 0 aliphatic heterocycles. The summed E-state index contributed by atoms with van der Waals surface area (Å²) in [6.07, 6.45) is 3.15. The van der Waals surface area contributed by atoms with Crippen molar-refractivity contribution in [3.05, 3.63) is 34.1 Å². The molecule has 2 nitrogen and oxygen atoms in total. The Balaban J connectivity index is 1.98. The fourth-order valence-corrected chi connectivity index (χ4v) is 2.51. The van der Waals surface area contributed by atoms with Crippen LogP contribution in [0.15, 0.2) is 22.7 Å². The molecule has 4 heteroatoms. The summed E-state index contributed by atoms with van der Waals surface area (Å²) in [5.74, 6) is -0.238. The molecule has 2 N–H and O–H groups in total. The Hall–Kier alpha value is -0.450. The molecule has 0 unspecified atom stereocenters. The van der Waals surface area contributed by atoms with Crippen LogP contribution < -0.4 is 5.32 Å². The Morgan fingerprint density at radius 1 is 1.38 bits per heavy atom. The van der Waals surface area contributed by atoms with Crippen LogP contribution in [0.25, 0.3) is 0 Å². The van der Waals surface area contributed by atoms with Crippen LogP contribution in [0.2, 0.25) is 0 Å². The molecule has 1 aliphatic rings. The minimum Gasteiger partial charge on any atom is -0.394 e. The van der Waals surface area contributed by atoms with Gasteiger partial charge in [-0.25, -0.2) is 4.39 Å². The van der Waals surface area contributed by atoms with Crippen LogP contribution >= 0.6 is 15.9 Å². The summed E-state index contributed by atoms with van der Waals surface area (Å²) in [5.41, 5.74) is 0.769. The van der Waals surface area contributed by atoms with Gasteiger partial charge in [-0.2, -0.15) is 0 Å². The summed E-state index contributed by atoms with van der Waals surface area (Å²) in [4.78, 5) is 0. The van der Waals surface area contributed by atoms with E-state index in [0.717, 1.165) is 29.3 Å². The zero-order chi connectivity index (χ0) is 11.6. The third-order valence-electron chi connectivity index (χ3n) is 3.20. The SMILES string of the molecule is OCC1(NCc2cc(F)cc(Br)c2)CCC1. The van der Waals surface area contributed by atoms with Gasteiger partial charge in [0.2, 0.25) is 0 Å². The molecule has 1 saturated carbocycles. The number of nitrogens with one attached hydrogen (secondary N) is 1. The Labute approximate surface area is 103 Å². The van der Waals surface area contributed by atoms with Crippen molar-refractivity contribution >= 4 is 15.9 Å². The number of halogens is 2. The predicted molar refractivity (Wildman–Crippen MR) is 64.6 cm³/mol. The van der Waals surface area contributed by atoms with Gasteiger partial charge in [-0.1, -0.05) is 15.9 Å². The summed E-state index contributed by atoms with van der Waals surface area (Å²) < 4.78 is 13.9. The highest BCUT2D eigenvalue weighted by Crippen LogP contribution is 2.31. The fraction of sp³-hybridized carbons (Fsp3) is 0.500. The van der Waals surface area contributed by atoms with Crippen molar-refractivity contribution in [2.45, 2.75) is 31.3 Å². The Bertz CT molecular complexity index is 354. The lowest BCUT2D eigenvalue weighted by Crippen LogP contribution is -2.53. The van der Waals surface area contributed by atoms with Gasteiger partial charge in [0, 0.05) is 16.6 Å². The van der Waals surface area contributed by atoms with Gasteiger partial charge in [0.05, 0.1) is 6.61 Å². The molecular formula is C12H15BrFNO. The molecule has 0 bridgehead atoms. The summed E-state index contributed by atoms with van der Waals surface area (Å²) in [5, 5.41) is 12.6. The molecule has 0 aromatic heterocycles. The molecule has 1 aromatic carbocycles. The lowest BCUT2D eigenvalue weighted by molar-refractivity contribution is 0.0872. The predicted octanol–water partition coefficient (Wildman–Crippen LogP) is 2.59. The van der Waals surface area contributed by atoms with Crippen molar-refractivity contribution < 1.29 is 9.50 Å². The molecule has 1 fully saturated rings. The first-order chi connectivity index (χ1) is 7.63. The summed E-state index contributed by atoms with van der Waals surface area (Å²) in [6, 6.07) is 4.84. The van der Waals surface area contributed by atoms with Gasteiger partial charge >= 0.3 is 0 Å². The van der Waals surface area contributed by atoms with E-state index in [1.54, 1.807) is 0 Å². The van der Waals surface area contributed by atoms with Gasteiger partial charge in [0.1, 0.15) is 5.82 Å². The molecule has 1 aliphatic carbocycles. The van der Waals surface area contributed by atoms with Crippen molar-refractivity contribution in [2.75, 3.05) is 6.61 Å². The Morgan fingerprint density at radius 3 is 2.62 bits per heavy atom. The summed E-state index contributed by atoms with van der Waals surface area (Å²) in [7, 11) is 0. The second-order valence-electron chi connectivity index (χ2n) is 4.42. The van der Waals surface area contributed by atoms with Crippen LogP contribution in [-0.4, -0.2) is 17.3 Å². The van der Waals surface area contributed by atoms with Gasteiger partial charge in [-0.05, 0) is 43.0 Å². The molecule has 2 rings (SSSR count). The minimum atomic E-state index is -0.238. The van der Waals surface area contributed by atoms with E-state index < -0.39 is 0 Å². The molecule has 16 heavy (non-hydrogen) atoms. The van der Waals surface area contributed by atoms with Crippen LogP contribution in [0, 0.1) is 5.82 Å². The first-order valence-electron chi connectivity index (χ1n) is 5.44. The number of benzene rings is 1. The summed E-state index contributed by atoms with van der Waals surface area (Å²) in [6.45, 7) is 0.750. The molecule has 0 spiro atoms. The minimum absolute atomic E-state index is 0.126. The Morgan fingerprint density at radius 2 is 2.12 bits per heavy atom. The molecule has 88 valence electrons. The van der Waals surface area contributed by atoms with E-state index in [4.69, 9.17) is 0 Å². The molecular weight excluding hydrogens is 273 g/mol. The van der Waals surface area contributed by atoms with E-state index in [9.17, 15) is 9.50 Å². The van der Waals surface area contributed by atoms with E-state index in [-0.39, 0.29) is 18.0 Å². The first kappa shape index (κ1) is 12.0. The van der Waals surface area contributed by atoms with Crippen molar-refractivity contribution in [1.29, 1.82) is 0 Å². The zero-order valence-electron chi connectivity index (χ0n) is 8.97. The van der Waals surface area contributed by atoms with Crippen molar-refractivity contribution in [3.63, 3.8) is 0 Å². The number of aliphatic hydroxyl groups is 1. The van der Waals surface area contributed by atoms with Crippen molar-refractivity contribution in [3.8, 4) is 0 Å². The normalized spacial score (nSPS) is 18.2. The number of hydrogen-bond donors (Lipinski definition) is 2. The van der Waals surface area contributed by atoms with Gasteiger partial charge in [0.25, 0.3) is 0 Å². The third-order valence-corrected chi connectivity index (χ3v) is 3.66. The maximum Gasteiger partial charge on any atom is 0.124 e. The van der Waals surface area contributed by atoms with E-state index in [1.165, 1.54) is 12.1 Å². The lowest BCUT2D eigenvalue weighted by Gasteiger charge is -2.41. The average Bonchev–Trinajstić information content (AvgIpc) is 2.15. The molecule has 1 aromatic rings. The standard InChI is InChI=1S/C12H15BrFNO/c13-10-4-9(5-11(14)6-10)7-15-12(8-16)2-1-3-12/h4-6,15-16H,1-3,7-8H2. The Kier molecular flexibility index (Phi) is 3.62. The number of rotatable bonds is 4. The topological polar surface area (TPSA) is 32.3 Å². The van der Waals surface area contributed by atoms with Crippen LogP contribution in [0.4, 0.5) is 4.39 Å². The molecule has 0 saturated heterocycles. The van der Waals surface area contributed by atoms with Gasteiger partial charge in [-0.3, -0.25) is 0 Å². The van der Waals surface area contributed by atoms with Crippen LogP contribution in [0.3, 0.4) is 0 Å². The average molecular weight is 288 g/mol. The second kappa shape index (κ2) is 4.82. The highest BCUT2D eigenvalue weighted by atomic mass is 79.9. The highest BCUT2D eigenvalue weighted by molar-refractivity contribution is 9.10. The van der Waals surface area contributed by atoms with Crippen LogP contribution in [0.1, 0.15) is 24.8 Å². The second-order valence-corrected chi connectivity index (χ2v) is 5.34. The van der Waals surface area contributed by atoms with Gasteiger partial charge in [0.15, 0.2) is 0 Å². The fourth-order valence-electron chi connectivity index (χ4n) is 2.00. The molecule has 0 heterocycles. The van der Waals surface area contributed by atoms with E-state index >= 15 is 0 Å². The molecule has 0 radical (unpaired) electrons. The first-order valence-corrected chi connectivity index (χ1v) is 6.24. The number of aliphatic hydroxyl groups excluding tert-OH is 1. The third kappa shape index (κ3) is 2.62. The maximum absolute atomic E-state index is 13.1. The van der Waals surface area contributed by atoms with Crippen LogP contribution in [0.5, 0.6) is 0 Å². The zero-order valence-corrected chi connectivity index (χ0v) is 10.6. The van der Waals surface area contributed by atoms with Crippen molar-refractivity contribution in [1.82, 2.24) is 5.32 Å². The summed E-state index contributed by atoms with van der Waals surface area (Å²) >= 11 is 3.26. The molecule has 0 amide bonds. The lowest BCUT2D eigenvalue weighted by atomic mass is 9.77. The van der Waals surface area contributed by atoms with Gasteiger partial charge < -0.3 is 10.4 Å². The monoisotopic (exact) mass is 287 g/mol. The molecule has 0 atom stereocenters.